The third kappa shape index (κ3) is 3.84. The predicted molar refractivity (Wildman–Crippen MR) is 81.1 cm³/mol. The smallest absolute Gasteiger partial charge is 0.239 e. The second kappa shape index (κ2) is 5.98. The molecule has 4 nitrogen and oxygen atoms in total. The van der Waals surface area contributed by atoms with Crippen LogP contribution in [0.5, 0.6) is 0 Å². The Kier molecular flexibility index (Phi) is 5.00. The van der Waals surface area contributed by atoms with Crippen molar-refractivity contribution >= 4 is 11.8 Å². The molecule has 0 bridgehead atoms. The van der Waals surface area contributed by atoms with E-state index in [1.807, 2.05) is 13.8 Å². The van der Waals surface area contributed by atoms with Gasteiger partial charge in [-0.2, -0.15) is 0 Å². The number of amides is 2. The summed E-state index contributed by atoms with van der Waals surface area (Å²) in [5, 5.41) is 2.81. The Morgan fingerprint density at radius 2 is 1.85 bits per heavy atom. The van der Waals surface area contributed by atoms with Crippen molar-refractivity contribution in [3.05, 3.63) is 11.6 Å². The minimum absolute atomic E-state index is 0.00284. The number of hydrogen-bond acceptors (Lipinski definition) is 2. The second-order valence-electron chi connectivity index (χ2n) is 6.99. The molecule has 114 valence electrons. The van der Waals surface area contributed by atoms with Gasteiger partial charge in [0, 0.05) is 13.1 Å². The molecule has 1 N–H and O–H groups in total. The van der Waals surface area contributed by atoms with E-state index in [2.05, 4.69) is 39.1 Å². The molecule has 1 aliphatic rings. The van der Waals surface area contributed by atoms with Gasteiger partial charge in [0.2, 0.25) is 11.8 Å². The van der Waals surface area contributed by atoms with Crippen LogP contribution < -0.4 is 5.32 Å². The summed E-state index contributed by atoms with van der Waals surface area (Å²) in [6.45, 7) is 12.3. The molecule has 0 unspecified atom stereocenters. The fourth-order valence-electron chi connectivity index (χ4n) is 2.72. The summed E-state index contributed by atoms with van der Waals surface area (Å²) in [6.07, 6.45) is 2.17. The number of nitrogens with zero attached hydrogens (tertiary/aromatic N) is 1. The number of allylic oxidation sites excluding steroid dienone is 2. The van der Waals surface area contributed by atoms with Crippen molar-refractivity contribution in [3.63, 3.8) is 0 Å². The first-order chi connectivity index (χ1) is 9.07. The molecule has 1 saturated carbocycles. The highest BCUT2D eigenvalue weighted by molar-refractivity contribution is 5.88. The molecule has 1 aliphatic carbocycles. The van der Waals surface area contributed by atoms with Gasteiger partial charge >= 0.3 is 0 Å². The van der Waals surface area contributed by atoms with E-state index in [1.54, 1.807) is 11.9 Å². The van der Waals surface area contributed by atoms with E-state index in [1.165, 1.54) is 5.57 Å². The average molecular weight is 280 g/mol. The Morgan fingerprint density at radius 3 is 2.30 bits per heavy atom. The highest BCUT2D eigenvalue weighted by Crippen LogP contribution is 2.59. The molecule has 4 heteroatoms. The van der Waals surface area contributed by atoms with Crippen LogP contribution in [-0.2, 0) is 9.59 Å². The molecule has 2 amide bonds. The van der Waals surface area contributed by atoms with Crippen LogP contribution >= 0.6 is 0 Å². The maximum absolute atomic E-state index is 12.5. The molecular weight excluding hydrogens is 252 g/mol. The highest BCUT2D eigenvalue weighted by atomic mass is 16.2. The van der Waals surface area contributed by atoms with Gasteiger partial charge in [0.05, 0.1) is 12.5 Å². The van der Waals surface area contributed by atoms with Crippen LogP contribution in [0.3, 0.4) is 0 Å². The number of carbonyl (C=O) groups excluding carboxylic acids is 2. The van der Waals surface area contributed by atoms with Gasteiger partial charge in [-0.25, -0.2) is 0 Å². The van der Waals surface area contributed by atoms with Crippen LogP contribution in [0.15, 0.2) is 11.6 Å². The minimum Gasteiger partial charge on any atom is -0.352 e. The van der Waals surface area contributed by atoms with Crippen LogP contribution in [-0.4, -0.2) is 36.3 Å². The monoisotopic (exact) mass is 280 g/mol. The van der Waals surface area contributed by atoms with Gasteiger partial charge in [0.25, 0.3) is 0 Å². The van der Waals surface area contributed by atoms with Gasteiger partial charge in [-0.1, -0.05) is 25.5 Å². The summed E-state index contributed by atoms with van der Waals surface area (Å²) in [7, 11) is 1.70. The third-order valence-electron chi connectivity index (χ3n) is 3.90. The van der Waals surface area contributed by atoms with E-state index in [4.69, 9.17) is 0 Å². The first-order valence-corrected chi connectivity index (χ1v) is 7.26. The maximum atomic E-state index is 12.5. The zero-order valence-corrected chi connectivity index (χ0v) is 13.8. The molecule has 0 aliphatic heterocycles. The molecule has 1 rings (SSSR count). The van der Waals surface area contributed by atoms with Crippen LogP contribution in [0.2, 0.25) is 0 Å². The van der Waals surface area contributed by atoms with Gasteiger partial charge in [-0.05, 0) is 39.0 Å². The molecule has 0 aromatic rings. The van der Waals surface area contributed by atoms with E-state index in [9.17, 15) is 9.59 Å². The molecule has 0 heterocycles. The fourth-order valence-corrected chi connectivity index (χ4v) is 2.72. The third-order valence-corrected chi connectivity index (χ3v) is 3.90. The topological polar surface area (TPSA) is 49.4 Å². The lowest BCUT2D eigenvalue weighted by atomic mass is 10.1. The van der Waals surface area contributed by atoms with E-state index >= 15 is 0 Å². The zero-order chi connectivity index (χ0) is 15.7. The Balaban J connectivity index is 2.63. The van der Waals surface area contributed by atoms with Gasteiger partial charge in [0.15, 0.2) is 0 Å². The number of nitrogens with one attached hydrogen (secondary N) is 1. The summed E-state index contributed by atoms with van der Waals surface area (Å²) < 4.78 is 0. The SMILES string of the molecule is CC(C)=C[C@@H]1[C@H](C(=O)N(C)CC(=O)NC(C)C)C1(C)C. The molecule has 0 spiro atoms. The summed E-state index contributed by atoms with van der Waals surface area (Å²) >= 11 is 0. The predicted octanol–water partition coefficient (Wildman–Crippen LogP) is 2.21. The summed E-state index contributed by atoms with van der Waals surface area (Å²) in [5.74, 6) is 0.245. The normalized spacial score (nSPS) is 23.2. The number of rotatable bonds is 5. The van der Waals surface area contributed by atoms with Crippen LogP contribution in [0.1, 0.15) is 41.5 Å². The second-order valence-corrected chi connectivity index (χ2v) is 6.99. The van der Waals surface area contributed by atoms with Crippen molar-refractivity contribution in [2.75, 3.05) is 13.6 Å². The van der Waals surface area contributed by atoms with Crippen LogP contribution in [0.25, 0.3) is 0 Å². The van der Waals surface area contributed by atoms with Crippen molar-refractivity contribution < 1.29 is 9.59 Å². The molecule has 2 atom stereocenters. The number of likely N-dealkylation sites (N-methyl/N-ethyl adjacent to an activating group) is 1. The van der Waals surface area contributed by atoms with E-state index in [0.29, 0.717) is 0 Å². The van der Waals surface area contributed by atoms with Crippen molar-refractivity contribution in [1.82, 2.24) is 10.2 Å². The van der Waals surface area contributed by atoms with E-state index < -0.39 is 0 Å². The Labute approximate surface area is 122 Å². The van der Waals surface area contributed by atoms with Crippen molar-refractivity contribution in [1.29, 1.82) is 0 Å². The fraction of sp³-hybridized carbons (Fsp3) is 0.750. The van der Waals surface area contributed by atoms with Gasteiger partial charge in [-0.15, -0.1) is 0 Å². The van der Waals surface area contributed by atoms with Crippen molar-refractivity contribution in [3.8, 4) is 0 Å². The summed E-state index contributed by atoms with van der Waals surface area (Å²) in [6, 6.07) is 0.0989. The Bertz CT molecular complexity index is 420. The Morgan fingerprint density at radius 1 is 1.30 bits per heavy atom. The molecule has 0 aromatic heterocycles. The standard InChI is InChI=1S/C16H28N2O2/c1-10(2)8-12-14(16(12,5)6)15(20)18(7)9-13(19)17-11(3)4/h8,11-12,14H,9H2,1-7H3,(H,17,19)/t12-,14-/m1/s1. The minimum atomic E-state index is -0.104. The van der Waals surface area contributed by atoms with Crippen molar-refractivity contribution in [2.45, 2.75) is 47.6 Å². The first kappa shape index (κ1) is 16.7. The molecule has 0 radical (unpaired) electrons. The lowest BCUT2D eigenvalue weighted by molar-refractivity contribution is -0.136. The average Bonchev–Trinajstić information content (AvgIpc) is 2.76. The summed E-state index contributed by atoms with van der Waals surface area (Å²) in [4.78, 5) is 25.7. The summed E-state index contributed by atoms with van der Waals surface area (Å²) in [5.41, 5.74) is 1.23. The highest BCUT2D eigenvalue weighted by Gasteiger charge is 2.60. The maximum Gasteiger partial charge on any atom is 0.239 e. The molecule has 0 saturated heterocycles. The van der Waals surface area contributed by atoms with Gasteiger partial charge in [-0.3, -0.25) is 9.59 Å². The molecule has 1 fully saturated rings. The van der Waals surface area contributed by atoms with Crippen LogP contribution in [0.4, 0.5) is 0 Å². The molecular formula is C16H28N2O2. The lowest BCUT2D eigenvalue weighted by Crippen LogP contribution is -2.41. The van der Waals surface area contributed by atoms with E-state index in [0.717, 1.165) is 0 Å². The largest absolute Gasteiger partial charge is 0.352 e. The van der Waals surface area contributed by atoms with Crippen LogP contribution in [0, 0.1) is 17.3 Å². The lowest BCUT2D eigenvalue weighted by Gasteiger charge is -2.18. The molecule has 20 heavy (non-hydrogen) atoms. The van der Waals surface area contributed by atoms with E-state index in [-0.39, 0.29) is 41.7 Å². The first-order valence-electron chi connectivity index (χ1n) is 7.26. The molecule has 0 aromatic carbocycles. The van der Waals surface area contributed by atoms with Crippen molar-refractivity contribution in [2.24, 2.45) is 17.3 Å². The number of carbonyl (C=O) groups is 2. The Hall–Kier alpha value is -1.32. The van der Waals surface area contributed by atoms with Gasteiger partial charge in [0.1, 0.15) is 0 Å². The quantitative estimate of drug-likeness (QED) is 0.785. The zero-order valence-electron chi connectivity index (χ0n) is 13.8. The van der Waals surface area contributed by atoms with Gasteiger partial charge < -0.3 is 10.2 Å². The number of hydrogen-bond donors (Lipinski definition) is 1.